The number of ether oxygens (including phenoxy) is 2. The van der Waals surface area contributed by atoms with E-state index in [-0.39, 0.29) is 35.4 Å². The van der Waals surface area contributed by atoms with Gasteiger partial charge in [0.05, 0.1) is 7.11 Å². The minimum Gasteiger partial charge on any atom is -0.497 e. The lowest BCUT2D eigenvalue weighted by Gasteiger charge is -2.16. The van der Waals surface area contributed by atoms with E-state index in [1.54, 1.807) is 36.3 Å². The SMILES string of the molecule is COc1ccc(N2C[C@H](c3noc(-c4cccc(OC(F)(F)F)c4)n3)CC2=O)cc1. The van der Waals surface area contributed by atoms with Crippen molar-refractivity contribution in [3.05, 3.63) is 54.4 Å². The van der Waals surface area contributed by atoms with E-state index in [1.165, 1.54) is 18.2 Å². The Hall–Kier alpha value is -3.56. The van der Waals surface area contributed by atoms with Gasteiger partial charge in [0.25, 0.3) is 5.89 Å². The summed E-state index contributed by atoms with van der Waals surface area (Å²) in [6.07, 6.45) is -4.60. The first kappa shape index (κ1) is 19.7. The maximum Gasteiger partial charge on any atom is 0.573 e. The Morgan fingerprint density at radius 3 is 2.60 bits per heavy atom. The molecule has 10 heteroatoms. The molecule has 0 aliphatic carbocycles. The van der Waals surface area contributed by atoms with Gasteiger partial charge in [-0.05, 0) is 42.5 Å². The molecule has 0 spiro atoms. The molecule has 4 rings (SSSR count). The summed E-state index contributed by atoms with van der Waals surface area (Å²) in [5.74, 6) is 0.274. The van der Waals surface area contributed by atoms with Crippen molar-refractivity contribution in [2.75, 3.05) is 18.6 Å². The topological polar surface area (TPSA) is 77.7 Å². The molecule has 0 unspecified atom stereocenters. The molecular formula is C20H16F3N3O4. The van der Waals surface area contributed by atoms with Crippen LogP contribution in [0.15, 0.2) is 53.1 Å². The lowest BCUT2D eigenvalue weighted by Crippen LogP contribution is -2.24. The molecule has 0 saturated carbocycles. The zero-order valence-electron chi connectivity index (χ0n) is 15.7. The largest absolute Gasteiger partial charge is 0.573 e. The van der Waals surface area contributed by atoms with E-state index in [1.807, 2.05) is 0 Å². The average Bonchev–Trinajstić information content (AvgIpc) is 3.34. The molecule has 1 aliphatic rings. The van der Waals surface area contributed by atoms with Crippen molar-refractivity contribution in [2.45, 2.75) is 18.7 Å². The second-order valence-electron chi connectivity index (χ2n) is 6.64. The van der Waals surface area contributed by atoms with E-state index >= 15 is 0 Å². The van der Waals surface area contributed by atoms with Crippen LogP contribution in [-0.4, -0.2) is 36.1 Å². The van der Waals surface area contributed by atoms with Crippen LogP contribution in [0.1, 0.15) is 18.2 Å². The van der Waals surface area contributed by atoms with Gasteiger partial charge in [-0.15, -0.1) is 13.2 Å². The van der Waals surface area contributed by atoms with Gasteiger partial charge in [0.2, 0.25) is 5.91 Å². The number of hydrogen-bond donors (Lipinski definition) is 0. The van der Waals surface area contributed by atoms with Gasteiger partial charge >= 0.3 is 6.36 Å². The first-order valence-electron chi connectivity index (χ1n) is 8.96. The molecule has 2 heterocycles. The van der Waals surface area contributed by atoms with Gasteiger partial charge < -0.3 is 18.9 Å². The molecular weight excluding hydrogens is 403 g/mol. The number of halogens is 3. The molecule has 1 saturated heterocycles. The van der Waals surface area contributed by atoms with E-state index in [0.29, 0.717) is 18.1 Å². The van der Waals surface area contributed by atoms with E-state index in [9.17, 15) is 18.0 Å². The fourth-order valence-corrected chi connectivity index (χ4v) is 3.24. The Bertz CT molecular complexity index is 1050. The van der Waals surface area contributed by atoms with Crippen LogP contribution in [0.4, 0.5) is 18.9 Å². The molecule has 1 aromatic heterocycles. The van der Waals surface area contributed by atoms with Crippen LogP contribution in [0, 0.1) is 0 Å². The van der Waals surface area contributed by atoms with Crippen molar-refractivity contribution in [1.82, 2.24) is 10.1 Å². The highest BCUT2D eigenvalue weighted by Crippen LogP contribution is 2.33. The van der Waals surface area contributed by atoms with Gasteiger partial charge in [-0.3, -0.25) is 4.79 Å². The van der Waals surface area contributed by atoms with Gasteiger partial charge in [0.15, 0.2) is 5.82 Å². The second-order valence-corrected chi connectivity index (χ2v) is 6.64. The number of benzene rings is 2. The van der Waals surface area contributed by atoms with Crippen molar-refractivity contribution in [3.63, 3.8) is 0 Å². The summed E-state index contributed by atoms with van der Waals surface area (Å²) in [4.78, 5) is 18.4. The van der Waals surface area contributed by atoms with Gasteiger partial charge in [0.1, 0.15) is 11.5 Å². The number of anilines is 1. The minimum atomic E-state index is -4.80. The van der Waals surface area contributed by atoms with E-state index in [0.717, 1.165) is 11.8 Å². The number of hydrogen-bond acceptors (Lipinski definition) is 6. The highest BCUT2D eigenvalue weighted by atomic mass is 19.4. The van der Waals surface area contributed by atoms with Crippen LogP contribution in [0.25, 0.3) is 11.5 Å². The maximum atomic E-state index is 12.5. The van der Waals surface area contributed by atoms with Crippen LogP contribution < -0.4 is 14.4 Å². The van der Waals surface area contributed by atoms with Crippen LogP contribution in [-0.2, 0) is 4.79 Å². The van der Waals surface area contributed by atoms with Crippen molar-refractivity contribution in [3.8, 4) is 23.0 Å². The Kier molecular flexibility index (Phi) is 5.06. The zero-order chi connectivity index (χ0) is 21.3. The molecule has 1 atom stereocenters. The quantitative estimate of drug-likeness (QED) is 0.618. The van der Waals surface area contributed by atoms with Gasteiger partial charge in [-0.2, -0.15) is 4.98 Å². The Balaban J connectivity index is 1.50. The summed E-state index contributed by atoms with van der Waals surface area (Å²) in [5, 5.41) is 3.92. The average molecular weight is 419 g/mol. The summed E-state index contributed by atoms with van der Waals surface area (Å²) < 4.78 is 51.5. The van der Waals surface area contributed by atoms with Gasteiger partial charge in [0, 0.05) is 30.1 Å². The summed E-state index contributed by atoms with van der Waals surface area (Å²) in [6.45, 7) is 0.362. The predicted octanol–water partition coefficient (Wildman–Crippen LogP) is 4.16. The summed E-state index contributed by atoms with van der Waals surface area (Å²) in [6, 6.07) is 12.4. The number of amides is 1. The lowest BCUT2D eigenvalue weighted by molar-refractivity contribution is -0.274. The van der Waals surface area contributed by atoms with Crippen molar-refractivity contribution in [2.24, 2.45) is 0 Å². The fourth-order valence-electron chi connectivity index (χ4n) is 3.24. The second kappa shape index (κ2) is 7.69. The fraction of sp³-hybridized carbons (Fsp3) is 0.250. The third kappa shape index (κ3) is 4.22. The molecule has 156 valence electrons. The van der Waals surface area contributed by atoms with Crippen LogP contribution in [0.3, 0.4) is 0 Å². The highest BCUT2D eigenvalue weighted by molar-refractivity contribution is 5.96. The number of methoxy groups -OCH3 is 1. The monoisotopic (exact) mass is 419 g/mol. The molecule has 0 N–H and O–H groups in total. The van der Waals surface area contributed by atoms with Gasteiger partial charge in [-0.25, -0.2) is 0 Å². The summed E-state index contributed by atoms with van der Waals surface area (Å²) in [5.41, 5.74) is 1.01. The molecule has 0 radical (unpaired) electrons. The van der Waals surface area contributed by atoms with Crippen LogP contribution in [0.2, 0.25) is 0 Å². The lowest BCUT2D eigenvalue weighted by atomic mass is 10.1. The third-order valence-electron chi connectivity index (χ3n) is 4.63. The number of rotatable bonds is 5. The predicted molar refractivity (Wildman–Crippen MR) is 99.1 cm³/mol. The number of nitrogens with zero attached hydrogens (tertiary/aromatic N) is 3. The van der Waals surface area contributed by atoms with E-state index in [4.69, 9.17) is 9.26 Å². The number of carbonyl (C=O) groups is 1. The number of carbonyl (C=O) groups excluding carboxylic acids is 1. The highest BCUT2D eigenvalue weighted by Gasteiger charge is 2.35. The number of aromatic nitrogens is 2. The Morgan fingerprint density at radius 1 is 1.13 bits per heavy atom. The minimum absolute atomic E-state index is 0.0490. The molecule has 1 amide bonds. The van der Waals surface area contributed by atoms with Crippen molar-refractivity contribution >= 4 is 11.6 Å². The summed E-state index contributed by atoms with van der Waals surface area (Å²) in [7, 11) is 1.56. The van der Waals surface area contributed by atoms with Crippen molar-refractivity contribution in [1.29, 1.82) is 0 Å². The Morgan fingerprint density at radius 2 is 1.90 bits per heavy atom. The number of alkyl halides is 3. The smallest absolute Gasteiger partial charge is 0.497 e. The molecule has 1 aliphatic heterocycles. The van der Waals surface area contributed by atoms with Crippen LogP contribution in [0.5, 0.6) is 11.5 Å². The molecule has 1 fully saturated rings. The molecule has 0 bridgehead atoms. The maximum absolute atomic E-state index is 12.5. The van der Waals surface area contributed by atoms with E-state index in [2.05, 4.69) is 14.9 Å². The van der Waals surface area contributed by atoms with Gasteiger partial charge in [-0.1, -0.05) is 11.2 Å². The molecule has 2 aromatic carbocycles. The molecule has 30 heavy (non-hydrogen) atoms. The Labute approximate surface area is 169 Å². The standard InChI is InChI=1S/C20H16F3N3O4/c1-28-15-7-5-14(6-8-15)26-11-13(10-17(26)27)18-24-19(30-25-18)12-3-2-4-16(9-12)29-20(21,22)23/h2-9,13H,10-11H2,1H3/t13-/m1/s1. The first-order chi connectivity index (χ1) is 14.3. The first-order valence-corrected chi connectivity index (χ1v) is 8.96. The normalized spacial score (nSPS) is 16.7. The molecule has 3 aromatic rings. The summed E-state index contributed by atoms with van der Waals surface area (Å²) >= 11 is 0. The van der Waals surface area contributed by atoms with Crippen molar-refractivity contribution < 1.29 is 32.0 Å². The molecule has 7 nitrogen and oxygen atoms in total. The third-order valence-corrected chi connectivity index (χ3v) is 4.63. The zero-order valence-corrected chi connectivity index (χ0v) is 15.7. The van der Waals surface area contributed by atoms with E-state index < -0.39 is 6.36 Å². The van der Waals surface area contributed by atoms with Crippen LogP contribution >= 0.6 is 0 Å².